The first-order valence-electron chi connectivity index (χ1n) is 6.61. The van der Waals surface area contributed by atoms with Crippen molar-refractivity contribution in [3.05, 3.63) is 64.1 Å². The maximum absolute atomic E-state index is 5.86. The molecule has 0 aliphatic heterocycles. The molecule has 0 aliphatic rings. The molecule has 1 aromatic carbocycles. The molecule has 3 aromatic rings. The molecule has 2 heterocycles. The van der Waals surface area contributed by atoms with Crippen LogP contribution < -0.4 is 5.73 Å². The average molecular weight is 330 g/mol. The first kappa shape index (κ1) is 13.2. The highest BCUT2D eigenvalue weighted by Crippen LogP contribution is 2.21. The number of nitrogen functional groups attached to an aromatic ring is 1. The minimum Gasteiger partial charge on any atom is -0.398 e. The number of imidazole rings is 1. The lowest BCUT2D eigenvalue weighted by Gasteiger charge is -2.03. The number of aryl methyl sites for hydroxylation is 3. The first-order chi connectivity index (χ1) is 9.63. The number of halogens is 1. The van der Waals surface area contributed by atoms with E-state index in [4.69, 9.17) is 5.73 Å². The Hall–Kier alpha value is -1.81. The zero-order chi connectivity index (χ0) is 14.1. The smallest absolute Gasteiger partial charge is 0.132 e. The van der Waals surface area contributed by atoms with Gasteiger partial charge >= 0.3 is 0 Å². The Bertz CT molecular complexity index is 744. The van der Waals surface area contributed by atoms with E-state index in [1.807, 2.05) is 18.3 Å². The highest BCUT2D eigenvalue weighted by molar-refractivity contribution is 9.10. The average Bonchev–Trinajstić information content (AvgIpc) is 2.74. The van der Waals surface area contributed by atoms with Gasteiger partial charge in [0.25, 0.3) is 0 Å². The van der Waals surface area contributed by atoms with Gasteiger partial charge in [-0.1, -0.05) is 29.8 Å². The van der Waals surface area contributed by atoms with Crippen LogP contribution in [0.25, 0.3) is 5.52 Å². The third-order valence-electron chi connectivity index (χ3n) is 3.45. The summed E-state index contributed by atoms with van der Waals surface area (Å²) in [6.07, 6.45) is 3.79. The van der Waals surface area contributed by atoms with E-state index in [0.29, 0.717) is 0 Å². The van der Waals surface area contributed by atoms with Crippen molar-refractivity contribution in [2.24, 2.45) is 0 Å². The van der Waals surface area contributed by atoms with Crippen molar-refractivity contribution in [1.82, 2.24) is 9.38 Å². The van der Waals surface area contributed by atoms with Crippen LogP contribution >= 0.6 is 15.9 Å². The number of hydrogen-bond acceptors (Lipinski definition) is 2. The van der Waals surface area contributed by atoms with Crippen molar-refractivity contribution in [3.8, 4) is 0 Å². The number of pyridine rings is 1. The van der Waals surface area contributed by atoms with Crippen LogP contribution in [0.1, 0.15) is 17.0 Å². The number of hydrogen-bond donors (Lipinski definition) is 1. The van der Waals surface area contributed by atoms with E-state index >= 15 is 0 Å². The summed E-state index contributed by atoms with van der Waals surface area (Å²) in [5.74, 6) is 1.03. The second-order valence-electron chi connectivity index (χ2n) is 5.02. The molecule has 0 aliphatic carbocycles. The van der Waals surface area contributed by atoms with Gasteiger partial charge in [0.2, 0.25) is 0 Å². The zero-order valence-electron chi connectivity index (χ0n) is 11.3. The summed E-state index contributed by atoms with van der Waals surface area (Å²) in [6.45, 7) is 2.10. The third kappa shape index (κ3) is 2.56. The van der Waals surface area contributed by atoms with Gasteiger partial charge in [-0.15, -0.1) is 0 Å². The Kier molecular flexibility index (Phi) is 3.49. The number of aromatic nitrogens is 2. The summed E-state index contributed by atoms with van der Waals surface area (Å²) in [5, 5.41) is 0. The Morgan fingerprint density at radius 3 is 2.60 bits per heavy atom. The van der Waals surface area contributed by atoms with Crippen molar-refractivity contribution >= 4 is 27.1 Å². The fourth-order valence-corrected chi connectivity index (χ4v) is 2.84. The molecule has 3 rings (SSSR count). The topological polar surface area (TPSA) is 43.3 Å². The first-order valence-corrected chi connectivity index (χ1v) is 7.40. The number of anilines is 1. The van der Waals surface area contributed by atoms with Gasteiger partial charge in [-0.2, -0.15) is 0 Å². The molecule has 0 atom stereocenters. The third-order valence-corrected chi connectivity index (χ3v) is 4.03. The van der Waals surface area contributed by atoms with Crippen LogP contribution in [0, 0.1) is 6.92 Å². The maximum Gasteiger partial charge on any atom is 0.132 e. The second-order valence-corrected chi connectivity index (χ2v) is 5.77. The lowest BCUT2D eigenvalue weighted by molar-refractivity contribution is 0.852. The molecular weight excluding hydrogens is 314 g/mol. The number of rotatable bonds is 3. The van der Waals surface area contributed by atoms with Crippen molar-refractivity contribution in [2.75, 3.05) is 5.73 Å². The second kappa shape index (κ2) is 5.29. The van der Waals surface area contributed by atoms with E-state index < -0.39 is 0 Å². The molecule has 0 radical (unpaired) electrons. The van der Waals surface area contributed by atoms with Crippen LogP contribution in [0.5, 0.6) is 0 Å². The van der Waals surface area contributed by atoms with E-state index in [1.165, 1.54) is 11.1 Å². The van der Waals surface area contributed by atoms with E-state index in [9.17, 15) is 0 Å². The Morgan fingerprint density at radius 2 is 1.85 bits per heavy atom. The van der Waals surface area contributed by atoms with Gasteiger partial charge in [0.05, 0.1) is 5.52 Å². The Labute approximate surface area is 126 Å². The summed E-state index contributed by atoms with van der Waals surface area (Å²) >= 11 is 3.51. The molecule has 102 valence electrons. The molecule has 4 heteroatoms. The molecule has 0 unspecified atom stereocenters. The van der Waals surface area contributed by atoms with Crippen LogP contribution in [-0.2, 0) is 12.8 Å². The summed E-state index contributed by atoms with van der Waals surface area (Å²) in [4.78, 5) is 4.59. The lowest BCUT2D eigenvalue weighted by Crippen LogP contribution is -1.99. The van der Waals surface area contributed by atoms with Crippen molar-refractivity contribution in [1.29, 1.82) is 0 Å². The van der Waals surface area contributed by atoms with E-state index in [-0.39, 0.29) is 0 Å². The van der Waals surface area contributed by atoms with Crippen LogP contribution in [-0.4, -0.2) is 9.38 Å². The maximum atomic E-state index is 5.86. The van der Waals surface area contributed by atoms with Crippen molar-refractivity contribution < 1.29 is 0 Å². The summed E-state index contributed by atoms with van der Waals surface area (Å²) in [7, 11) is 0. The highest BCUT2D eigenvalue weighted by Gasteiger charge is 2.09. The Morgan fingerprint density at radius 1 is 1.10 bits per heavy atom. The Balaban J connectivity index is 1.87. The van der Waals surface area contributed by atoms with Crippen LogP contribution in [0.3, 0.4) is 0 Å². The molecule has 0 amide bonds. The standard InChI is InChI=1S/C16H16BrN3/c1-11-2-4-12(5-3-11)6-9-15-19-16(17)14-8-7-13(18)10-20(14)15/h2-5,7-8,10H,6,9,18H2,1H3. The number of nitrogens with zero attached hydrogens (tertiary/aromatic N) is 2. The predicted molar refractivity (Wildman–Crippen MR) is 85.9 cm³/mol. The van der Waals surface area contributed by atoms with Gasteiger partial charge in [0.15, 0.2) is 0 Å². The van der Waals surface area contributed by atoms with Gasteiger partial charge in [-0.25, -0.2) is 4.98 Å². The zero-order valence-corrected chi connectivity index (χ0v) is 12.9. The van der Waals surface area contributed by atoms with Gasteiger partial charge < -0.3 is 10.1 Å². The molecule has 20 heavy (non-hydrogen) atoms. The largest absolute Gasteiger partial charge is 0.398 e. The summed E-state index contributed by atoms with van der Waals surface area (Å²) in [5.41, 5.74) is 10.3. The molecule has 3 nitrogen and oxygen atoms in total. The van der Waals surface area contributed by atoms with E-state index in [1.54, 1.807) is 0 Å². The van der Waals surface area contributed by atoms with Crippen LogP contribution in [0.15, 0.2) is 47.2 Å². The van der Waals surface area contributed by atoms with Crippen LogP contribution in [0.4, 0.5) is 5.69 Å². The fourth-order valence-electron chi connectivity index (χ4n) is 2.31. The van der Waals surface area contributed by atoms with Crippen molar-refractivity contribution in [2.45, 2.75) is 19.8 Å². The van der Waals surface area contributed by atoms with Gasteiger partial charge in [-0.3, -0.25) is 0 Å². The van der Waals surface area contributed by atoms with E-state index in [2.05, 4.69) is 56.5 Å². The summed E-state index contributed by atoms with van der Waals surface area (Å²) < 4.78 is 2.93. The molecular formula is C16H16BrN3. The van der Waals surface area contributed by atoms with Crippen molar-refractivity contribution in [3.63, 3.8) is 0 Å². The van der Waals surface area contributed by atoms with Gasteiger partial charge in [-0.05, 0) is 47.0 Å². The lowest BCUT2D eigenvalue weighted by atomic mass is 10.1. The SMILES string of the molecule is Cc1ccc(CCc2nc(Br)c3ccc(N)cn23)cc1. The normalized spacial score (nSPS) is 11.1. The summed E-state index contributed by atoms with van der Waals surface area (Å²) in [6, 6.07) is 12.5. The number of fused-ring (bicyclic) bond motifs is 1. The fraction of sp³-hybridized carbons (Fsp3) is 0.188. The molecule has 2 aromatic heterocycles. The molecule has 0 spiro atoms. The molecule has 0 saturated carbocycles. The minimum atomic E-state index is 0.749. The number of benzene rings is 1. The quantitative estimate of drug-likeness (QED) is 0.794. The molecule has 0 bridgehead atoms. The predicted octanol–water partition coefficient (Wildman–Crippen LogP) is 3.77. The van der Waals surface area contributed by atoms with Gasteiger partial charge in [0, 0.05) is 18.3 Å². The highest BCUT2D eigenvalue weighted by atomic mass is 79.9. The van der Waals surface area contributed by atoms with E-state index in [0.717, 1.165) is 34.5 Å². The monoisotopic (exact) mass is 329 g/mol. The van der Waals surface area contributed by atoms with Gasteiger partial charge in [0.1, 0.15) is 10.4 Å². The molecule has 0 fully saturated rings. The molecule has 2 N–H and O–H groups in total. The minimum absolute atomic E-state index is 0.749. The molecule has 0 saturated heterocycles. The van der Waals surface area contributed by atoms with Crippen LogP contribution in [0.2, 0.25) is 0 Å². The number of nitrogens with two attached hydrogens (primary N) is 1.